The minimum absolute atomic E-state index is 0.0565. The summed E-state index contributed by atoms with van der Waals surface area (Å²) >= 11 is 0. The molecule has 0 bridgehead atoms. The minimum Gasteiger partial charge on any atom is -0.490 e. The van der Waals surface area contributed by atoms with Gasteiger partial charge in [-0.05, 0) is 37.5 Å². The summed E-state index contributed by atoms with van der Waals surface area (Å²) in [5.74, 6) is 1.92. The second-order valence-electron chi connectivity index (χ2n) is 6.18. The summed E-state index contributed by atoms with van der Waals surface area (Å²) in [5, 5.41) is 10.8. The zero-order valence-corrected chi connectivity index (χ0v) is 12.9. The average Bonchev–Trinajstić information content (AvgIpc) is 2.66. The van der Waals surface area contributed by atoms with E-state index in [0.29, 0.717) is 19.1 Å². The van der Waals surface area contributed by atoms with Gasteiger partial charge < -0.3 is 19.3 Å². The van der Waals surface area contributed by atoms with Gasteiger partial charge in [-0.25, -0.2) is 0 Å². The topological polar surface area (TPSA) is 47.9 Å². The first-order valence-corrected chi connectivity index (χ1v) is 7.81. The molecule has 3 rings (SSSR count). The fraction of sp³-hybridized carbons (Fsp3) is 0.647. The second kappa shape index (κ2) is 5.85. The van der Waals surface area contributed by atoms with E-state index >= 15 is 0 Å². The molecule has 116 valence electrons. The lowest BCUT2D eigenvalue weighted by atomic mass is 9.82. The maximum absolute atomic E-state index is 10.8. The Balaban J connectivity index is 1.85. The Labute approximate surface area is 126 Å². The van der Waals surface area contributed by atoms with Gasteiger partial charge in [0.15, 0.2) is 11.5 Å². The Hall–Kier alpha value is -1.26. The van der Waals surface area contributed by atoms with Crippen molar-refractivity contribution in [2.24, 2.45) is 11.8 Å². The standard InChI is InChI=1S/C17H24O4/c1-10-11(2)21-12(3)16(10)17(18)13-5-6-14-15(9-13)20-8-4-7-19-14/h5-6,9-12,16-18H,4,7-8H2,1-3H3. The molecule has 0 amide bonds. The van der Waals surface area contributed by atoms with Gasteiger partial charge in [-0.3, -0.25) is 0 Å². The molecule has 1 aromatic rings. The summed E-state index contributed by atoms with van der Waals surface area (Å²) in [5.41, 5.74) is 0.876. The van der Waals surface area contributed by atoms with E-state index in [4.69, 9.17) is 14.2 Å². The van der Waals surface area contributed by atoms with Gasteiger partial charge in [0.2, 0.25) is 0 Å². The molecule has 4 heteroatoms. The van der Waals surface area contributed by atoms with E-state index in [1.165, 1.54) is 0 Å². The van der Waals surface area contributed by atoms with E-state index in [1.807, 2.05) is 25.1 Å². The average molecular weight is 292 g/mol. The van der Waals surface area contributed by atoms with Gasteiger partial charge in [-0.15, -0.1) is 0 Å². The van der Waals surface area contributed by atoms with Crippen LogP contribution in [-0.4, -0.2) is 30.5 Å². The summed E-state index contributed by atoms with van der Waals surface area (Å²) in [7, 11) is 0. The molecule has 1 saturated heterocycles. The molecule has 1 N–H and O–H groups in total. The van der Waals surface area contributed by atoms with Crippen LogP contribution in [0.3, 0.4) is 0 Å². The Bertz CT molecular complexity index is 502. The predicted octanol–water partition coefficient (Wildman–Crippen LogP) is 2.94. The van der Waals surface area contributed by atoms with Gasteiger partial charge in [-0.1, -0.05) is 13.0 Å². The van der Waals surface area contributed by atoms with Crippen LogP contribution in [0.25, 0.3) is 0 Å². The van der Waals surface area contributed by atoms with Crippen LogP contribution in [0.1, 0.15) is 38.9 Å². The lowest BCUT2D eigenvalue weighted by Crippen LogP contribution is -2.25. The van der Waals surface area contributed by atoms with Crippen molar-refractivity contribution in [3.8, 4) is 11.5 Å². The zero-order valence-electron chi connectivity index (χ0n) is 12.9. The van der Waals surface area contributed by atoms with Crippen molar-refractivity contribution in [1.29, 1.82) is 0 Å². The maximum atomic E-state index is 10.8. The van der Waals surface area contributed by atoms with E-state index in [-0.39, 0.29) is 18.1 Å². The first kappa shape index (κ1) is 14.7. The van der Waals surface area contributed by atoms with E-state index < -0.39 is 6.10 Å². The number of hydrogen-bond donors (Lipinski definition) is 1. The van der Waals surface area contributed by atoms with Gasteiger partial charge in [0.25, 0.3) is 0 Å². The zero-order chi connectivity index (χ0) is 15.0. The summed E-state index contributed by atoms with van der Waals surface area (Å²) < 4.78 is 17.2. The molecule has 21 heavy (non-hydrogen) atoms. The highest BCUT2D eigenvalue weighted by atomic mass is 16.5. The third-order valence-electron chi connectivity index (χ3n) is 4.80. The summed E-state index contributed by atoms with van der Waals surface area (Å²) in [4.78, 5) is 0. The van der Waals surface area contributed by atoms with E-state index in [9.17, 15) is 5.11 Å². The Morgan fingerprint density at radius 2 is 1.76 bits per heavy atom. The Morgan fingerprint density at radius 1 is 1.05 bits per heavy atom. The highest BCUT2D eigenvalue weighted by Gasteiger charge is 2.41. The lowest BCUT2D eigenvalue weighted by molar-refractivity contribution is 0.0230. The fourth-order valence-electron chi connectivity index (χ4n) is 3.42. The van der Waals surface area contributed by atoms with Crippen LogP contribution >= 0.6 is 0 Å². The van der Waals surface area contributed by atoms with Crippen molar-refractivity contribution in [3.63, 3.8) is 0 Å². The van der Waals surface area contributed by atoms with Crippen LogP contribution in [0.2, 0.25) is 0 Å². The molecule has 2 heterocycles. The number of aliphatic hydroxyl groups excluding tert-OH is 1. The molecule has 0 spiro atoms. The van der Waals surface area contributed by atoms with Crippen molar-refractivity contribution in [3.05, 3.63) is 23.8 Å². The van der Waals surface area contributed by atoms with Gasteiger partial charge in [0, 0.05) is 12.3 Å². The van der Waals surface area contributed by atoms with Crippen LogP contribution < -0.4 is 9.47 Å². The van der Waals surface area contributed by atoms with Crippen molar-refractivity contribution in [1.82, 2.24) is 0 Å². The molecule has 0 aromatic heterocycles. The molecule has 2 aliphatic heterocycles. The molecule has 5 unspecified atom stereocenters. The maximum Gasteiger partial charge on any atom is 0.161 e. The predicted molar refractivity (Wildman–Crippen MR) is 79.7 cm³/mol. The SMILES string of the molecule is CC1OC(C)C(C(O)c2ccc3c(c2)OCCCO3)C1C. The van der Waals surface area contributed by atoms with E-state index in [1.54, 1.807) is 0 Å². The normalized spacial score (nSPS) is 33.5. The number of benzene rings is 1. The van der Waals surface area contributed by atoms with Gasteiger partial charge >= 0.3 is 0 Å². The van der Waals surface area contributed by atoms with Crippen LogP contribution in [0.15, 0.2) is 18.2 Å². The van der Waals surface area contributed by atoms with Crippen molar-refractivity contribution in [2.45, 2.75) is 45.5 Å². The second-order valence-corrected chi connectivity index (χ2v) is 6.18. The molecule has 4 nitrogen and oxygen atoms in total. The van der Waals surface area contributed by atoms with Crippen molar-refractivity contribution in [2.75, 3.05) is 13.2 Å². The molecule has 5 atom stereocenters. The van der Waals surface area contributed by atoms with E-state index in [2.05, 4.69) is 13.8 Å². The van der Waals surface area contributed by atoms with Crippen LogP contribution in [0.5, 0.6) is 11.5 Å². The van der Waals surface area contributed by atoms with Crippen molar-refractivity contribution >= 4 is 0 Å². The van der Waals surface area contributed by atoms with Gasteiger partial charge in [0.1, 0.15) is 0 Å². The summed E-state index contributed by atoms with van der Waals surface area (Å²) in [6, 6.07) is 5.74. The molecule has 1 aromatic carbocycles. The van der Waals surface area contributed by atoms with Crippen LogP contribution in [0.4, 0.5) is 0 Å². The molecule has 0 radical (unpaired) electrons. The number of fused-ring (bicyclic) bond motifs is 1. The Kier molecular flexibility index (Phi) is 4.09. The summed E-state index contributed by atoms with van der Waals surface area (Å²) in [6.07, 6.45) is 0.576. The van der Waals surface area contributed by atoms with Gasteiger partial charge in [-0.2, -0.15) is 0 Å². The molecule has 2 aliphatic rings. The first-order chi connectivity index (χ1) is 10.1. The highest BCUT2D eigenvalue weighted by Crippen LogP contribution is 2.42. The third-order valence-corrected chi connectivity index (χ3v) is 4.80. The smallest absolute Gasteiger partial charge is 0.161 e. The van der Waals surface area contributed by atoms with Crippen LogP contribution in [0, 0.1) is 11.8 Å². The monoisotopic (exact) mass is 292 g/mol. The highest BCUT2D eigenvalue weighted by molar-refractivity contribution is 5.44. The lowest BCUT2D eigenvalue weighted by Gasteiger charge is -2.25. The molecule has 0 aliphatic carbocycles. The number of hydrogen-bond acceptors (Lipinski definition) is 4. The fourth-order valence-corrected chi connectivity index (χ4v) is 3.42. The van der Waals surface area contributed by atoms with Gasteiger partial charge in [0.05, 0.1) is 31.5 Å². The quantitative estimate of drug-likeness (QED) is 0.910. The molecular formula is C17H24O4. The largest absolute Gasteiger partial charge is 0.490 e. The first-order valence-electron chi connectivity index (χ1n) is 7.81. The number of ether oxygens (including phenoxy) is 3. The Morgan fingerprint density at radius 3 is 2.43 bits per heavy atom. The molecular weight excluding hydrogens is 268 g/mol. The van der Waals surface area contributed by atoms with E-state index in [0.717, 1.165) is 23.5 Å². The number of rotatable bonds is 2. The molecule has 1 fully saturated rings. The third kappa shape index (κ3) is 2.74. The summed E-state index contributed by atoms with van der Waals surface area (Å²) in [6.45, 7) is 7.59. The van der Waals surface area contributed by atoms with Crippen LogP contribution in [-0.2, 0) is 4.74 Å². The van der Waals surface area contributed by atoms with Crippen molar-refractivity contribution < 1.29 is 19.3 Å². The minimum atomic E-state index is -0.544. The number of aliphatic hydroxyl groups is 1. The molecule has 0 saturated carbocycles.